The molecule has 140 valence electrons. The first kappa shape index (κ1) is 18.9. The Bertz CT molecular complexity index is 828. The maximum atomic E-state index is 12.6. The fourth-order valence-electron chi connectivity index (χ4n) is 2.99. The summed E-state index contributed by atoms with van der Waals surface area (Å²) in [5.41, 5.74) is 2.86. The number of carbonyl (C=O) groups excluding carboxylic acids is 2. The van der Waals surface area contributed by atoms with Crippen LogP contribution < -0.4 is 5.32 Å². The van der Waals surface area contributed by atoms with Crippen molar-refractivity contribution in [1.29, 1.82) is 0 Å². The molecule has 5 heteroatoms. The Balaban J connectivity index is 1.64. The van der Waals surface area contributed by atoms with Crippen LogP contribution in [-0.4, -0.2) is 42.5 Å². The third-order valence-corrected chi connectivity index (χ3v) is 4.56. The van der Waals surface area contributed by atoms with Crippen molar-refractivity contribution in [2.45, 2.75) is 19.9 Å². The Morgan fingerprint density at radius 2 is 1.81 bits per heavy atom. The molecule has 5 nitrogen and oxygen atoms in total. The van der Waals surface area contributed by atoms with Gasteiger partial charge >= 0.3 is 0 Å². The SMILES string of the molecule is C/C(=C\c1ccccc1)C(=O)Nc1ccc(C(=O)N2CCOCC2C)cc1. The topological polar surface area (TPSA) is 58.6 Å². The van der Waals surface area contributed by atoms with Gasteiger partial charge in [0, 0.05) is 23.4 Å². The zero-order chi connectivity index (χ0) is 19.2. The van der Waals surface area contributed by atoms with E-state index in [1.54, 1.807) is 31.2 Å². The molecule has 1 atom stereocenters. The average Bonchev–Trinajstić information content (AvgIpc) is 2.69. The molecule has 0 spiro atoms. The summed E-state index contributed by atoms with van der Waals surface area (Å²) in [6.07, 6.45) is 1.84. The molecule has 1 aliphatic rings. The Morgan fingerprint density at radius 3 is 2.48 bits per heavy atom. The third-order valence-electron chi connectivity index (χ3n) is 4.56. The van der Waals surface area contributed by atoms with Gasteiger partial charge in [0.15, 0.2) is 0 Å². The highest BCUT2D eigenvalue weighted by Gasteiger charge is 2.24. The van der Waals surface area contributed by atoms with Crippen molar-refractivity contribution in [2.24, 2.45) is 0 Å². The van der Waals surface area contributed by atoms with Gasteiger partial charge < -0.3 is 15.0 Å². The predicted octanol–water partition coefficient (Wildman–Crippen LogP) is 3.59. The number of nitrogens with one attached hydrogen (secondary N) is 1. The Kier molecular flexibility index (Phi) is 6.04. The second-order valence-electron chi connectivity index (χ2n) is 6.69. The normalized spacial score (nSPS) is 17.5. The highest BCUT2D eigenvalue weighted by molar-refractivity contribution is 6.06. The molecule has 1 saturated heterocycles. The first-order valence-electron chi connectivity index (χ1n) is 9.08. The van der Waals surface area contributed by atoms with Crippen molar-refractivity contribution in [3.05, 3.63) is 71.3 Å². The summed E-state index contributed by atoms with van der Waals surface area (Å²) in [4.78, 5) is 26.8. The number of carbonyl (C=O) groups is 2. The van der Waals surface area contributed by atoms with Crippen LogP contribution in [0.4, 0.5) is 5.69 Å². The number of benzene rings is 2. The predicted molar refractivity (Wildman–Crippen MR) is 106 cm³/mol. The van der Waals surface area contributed by atoms with Gasteiger partial charge in [-0.3, -0.25) is 9.59 Å². The van der Waals surface area contributed by atoms with Crippen LogP contribution in [0.15, 0.2) is 60.2 Å². The standard InChI is InChI=1S/C22H24N2O3/c1-16(14-18-6-4-3-5-7-18)21(25)23-20-10-8-19(9-11-20)22(26)24-12-13-27-15-17(24)2/h3-11,14,17H,12-13,15H2,1-2H3,(H,23,25)/b16-14+. The van der Waals surface area contributed by atoms with Crippen LogP contribution in [0.1, 0.15) is 29.8 Å². The lowest BCUT2D eigenvalue weighted by molar-refractivity contribution is -0.112. The number of hydrogen-bond acceptors (Lipinski definition) is 3. The van der Waals surface area contributed by atoms with E-state index in [9.17, 15) is 9.59 Å². The van der Waals surface area contributed by atoms with Crippen LogP contribution in [0.2, 0.25) is 0 Å². The summed E-state index contributed by atoms with van der Waals surface area (Å²) >= 11 is 0. The number of ether oxygens (including phenoxy) is 1. The first-order valence-corrected chi connectivity index (χ1v) is 9.08. The monoisotopic (exact) mass is 364 g/mol. The number of morpholine rings is 1. The van der Waals surface area contributed by atoms with Crippen LogP contribution in [0, 0.1) is 0 Å². The van der Waals surface area contributed by atoms with Crippen LogP contribution >= 0.6 is 0 Å². The minimum absolute atomic E-state index is 0.0103. The number of anilines is 1. The van der Waals surface area contributed by atoms with E-state index in [2.05, 4.69) is 5.32 Å². The summed E-state index contributed by atoms with van der Waals surface area (Å²) in [6.45, 7) is 5.49. The van der Waals surface area contributed by atoms with E-state index in [0.29, 0.717) is 36.6 Å². The van der Waals surface area contributed by atoms with Gasteiger partial charge in [0.25, 0.3) is 11.8 Å². The number of amides is 2. The molecule has 0 aromatic heterocycles. The Labute approximate surface area is 159 Å². The van der Waals surface area contributed by atoms with Gasteiger partial charge in [-0.1, -0.05) is 30.3 Å². The van der Waals surface area contributed by atoms with Gasteiger partial charge in [0.1, 0.15) is 0 Å². The molecule has 1 aliphatic heterocycles. The summed E-state index contributed by atoms with van der Waals surface area (Å²) in [5, 5.41) is 2.86. The molecule has 0 aliphatic carbocycles. The van der Waals surface area contributed by atoms with Gasteiger partial charge in [0.05, 0.1) is 19.3 Å². The fourth-order valence-corrected chi connectivity index (χ4v) is 2.99. The molecular formula is C22H24N2O3. The largest absolute Gasteiger partial charge is 0.377 e. The molecule has 1 unspecified atom stereocenters. The molecule has 0 bridgehead atoms. The minimum Gasteiger partial charge on any atom is -0.377 e. The number of nitrogens with zero attached hydrogens (tertiary/aromatic N) is 1. The van der Waals surface area contributed by atoms with E-state index in [4.69, 9.17) is 4.74 Å². The van der Waals surface area contributed by atoms with Crippen LogP contribution in [0.25, 0.3) is 6.08 Å². The van der Waals surface area contributed by atoms with E-state index >= 15 is 0 Å². The van der Waals surface area contributed by atoms with Crippen molar-refractivity contribution in [1.82, 2.24) is 4.90 Å². The van der Waals surface area contributed by atoms with Crippen LogP contribution in [0.3, 0.4) is 0 Å². The summed E-state index contributed by atoms with van der Waals surface area (Å²) in [6, 6.07) is 16.8. The maximum Gasteiger partial charge on any atom is 0.254 e. The van der Waals surface area contributed by atoms with Crippen molar-refractivity contribution in [3.63, 3.8) is 0 Å². The summed E-state index contributed by atoms with van der Waals surface area (Å²) in [7, 11) is 0. The second kappa shape index (κ2) is 8.64. The highest BCUT2D eigenvalue weighted by atomic mass is 16.5. The number of hydrogen-bond donors (Lipinski definition) is 1. The highest BCUT2D eigenvalue weighted by Crippen LogP contribution is 2.16. The van der Waals surface area contributed by atoms with Gasteiger partial charge in [-0.2, -0.15) is 0 Å². The smallest absolute Gasteiger partial charge is 0.254 e. The maximum absolute atomic E-state index is 12.6. The molecule has 2 amide bonds. The molecule has 0 saturated carbocycles. The van der Waals surface area contributed by atoms with Gasteiger partial charge in [-0.15, -0.1) is 0 Å². The van der Waals surface area contributed by atoms with E-state index in [0.717, 1.165) is 5.56 Å². The Hall–Kier alpha value is -2.92. The van der Waals surface area contributed by atoms with E-state index < -0.39 is 0 Å². The van der Waals surface area contributed by atoms with Crippen molar-refractivity contribution in [3.8, 4) is 0 Å². The number of rotatable bonds is 4. The molecule has 1 fully saturated rings. The molecule has 2 aromatic carbocycles. The van der Waals surface area contributed by atoms with Crippen molar-refractivity contribution >= 4 is 23.6 Å². The molecule has 3 rings (SSSR count). The van der Waals surface area contributed by atoms with E-state index in [1.165, 1.54) is 0 Å². The summed E-state index contributed by atoms with van der Waals surface area (Å²) < 4.78 is 5.38. The summed E-state index contributed by atoms with van der Waals surface area (Å²) in [5.74, 6) is -0.177. The fraction of sp³-hybridized carbons (Fsp3) is 0.273. The molecular weight excluding hydrogens is 340 g/mol. The Morgan fingerprint density at radius 1 is 1.11 bits per heavy atom. The lowest BCUT2D eigenvalue weighted by atomic mass is 10.1. The zero-order valence-corrected chi connectivity index (χ0v) is 15.6. The lowest BCUT2D eigenvalue weighted by Crippen LogP contribution is -2.47. The molecule has 1 heterocycles. The zero-order valence-electron chi connectivity index (χ0n) is 15.6. The van der Waals surface area contributed by atoms with Gasteiger partial charge in [-0.05, 0) is 49.8 Å². The molecule has 27 heavy (non-hydrogen) atoms. The quantitative estimate of drug-likeness (QED) is 0.844. The third kappa shape index (κ3) is 4.83. The first-order chi connectivity index (χ1) is 13.0. The van der Waals surface area contributed by atoms with Crippen molar-refractivity contribution < 1.29 is 14.3 Å². The van der Waals surface area contributed by atoms with E-state index in [1.807, 2.05) is 48.2 Å². The van der Waals surface area contributed by atoms with Gasteiger partial charge in [0.2, 0.25) is 0 Å². The van der Waals surface area contributed by atoms with Gasteiger partial charge in [-0.25, -0.2) is 0 Å². The van der Waals surface area contributed by atoms with Crippen molar-refractivity contribution in [2.75, 3.05) is 25.1 Å². The molecule has 2 aromatic rings. The van der Waals surface area contributed by atoms with Crippen LogP contribution in [-0.2, 0) is 9.53 Å². The lowest BCUT2D eigenvalue weighted by Gasteiger charge is -2.33. The molecule has 0 radical (unpaired) electrons. The average molecular weight is 364 g/mol. The molecule has 1 N–H and O–H groups in total. The van der Waals surface area contributed by atoms with E-state index in [-0.39, 0.29) is 17.9 Å². The second-order valence-corrected chi connectivity index (χ2v) is 6.69. The minimum atomic E-state index is -0.167. The van der Waals surface area contributed by atoms with Crippen LogP contribution in [0.5, 0.6) is 0 Å².